The van der Waals surface area contributed by atoms with Crippen molar-refractivity contribution >= 4 is 39.2 Å². The van der Waals surface area contributed by atoms with E-state index in [1.807, 2.05) is 0 Å². The third-order valence-electron chi connectivity index (χ3n) is 5.74. The molecular weight excluding hydrogens is 497 g/mol. The number of carbonyl (C=O) groups is 1. The fourth-order valence-corrected chi connectivity index (χ4v) is 6.12. The standard InChI is InChI=1S/C25H21Cl2NO5S/c1-33-20-10-4-16(5-11-20)23-15-14-22(25(29)30)24(17-2-6-18(26)7-3-17)28(23)34(31,32)21-12-8-19(27)9-13-21/h2-14,23-24H,15H2,1H3,(H,29,30)/t23-,24-/m0/s1. The normalized spacial score (nSPS) is 18.9. The molecule has 1 N–H and O–H groups in total. The highest BCUT2D eigenvalue weighted by Crippen LogP contribution is 2.46. The maximum Gasteiger partial charge on any atom is 0.333 e. The van der Waals surface area contributed by atoms with Gasteiger partial charge in [0.25, 0.3) is 0 Å². The first-order chi connectivity index (χ1) is 16.2. The number of carboxylic acid groups (broad SMARTS) is 1. The number of rotatable bonds is 6. The third-order valence-corrected chi connectivity index (χ3v) is 8.13. The van der Waals surface area contributed by atoms with Crippen molar-refractivity contribution in [2.45, 2.75) is 23.4 Å². The molecule has 0 saturated carbocycles. The molecule has 3 aromatic carbocycles. The summed E-state index contributed by atoms with van der Waals surface area (Å²) in [5, 5.41) is 10.8. The molecule has 3 aromatic rings. The van der Waals surface area contributed by atoms with Gasteiger partial charge in [0.05, 0.1) is 29.7 Å². The molecule has 0 amide bonds. The Hall–Kier alpha value is -2.84. The number of methoxy groups -OCH3 is 1. The quantitative estimate of drug-likeness (QED) is 0.440. The molecule has 0 saturated heterocycles. The number of halogens is 2. The van der Waals surface area contributed by atoms with E-state index in [-0.39, 0.29) is 16.9 Å². The number of carboxylic acids is 1. The van der Waals surface area contributed by atoms with Crippen molar-refractivity contribution in [3.05, 3.63) is 106 Å². The maximum absolute atomic E-state index is 14.0. The van der Waals surface area contributed by atoms with E-state index in [0.29, 0.717) is 26.9 Å². The number of benzene rings is 3. The van der Waals surface area contributed by atoms with Gasteiger partial charge in [-0.1, -0.05) is 53.5 Å². The molecule has 1 aliphatic heterocycles. The lowest BCUT2D eigenvalue weighted by Gasteiger charge is -2.40. The molecule has 9 heteroatoms. The Bertz CT molecular complexity index is 1320. The minimum absolute atomic E-state index is 0.0148. The molecule has 1 aliphatic rings. The minimum Gasteiger partial charge on any atom is -0.497 e. The summed E-state index contributed by atoms with van der Waals surface area (Å²) in [6.07, 6.45) is 1.77. The molecule has 6 nitrogen and oxygen atoms in total. The lowest BCUT2D eigenvalue weighted by atomic mass is 9.89. The first-order valence-electron chi connectivity index (χ1n) is 10.3. The molecular formula is C25H21Cl2NO5S. The average Bonchev–Trinajstić information content (AvgIpc) is 2.84. The van der Waals surface area contributed by atoms with E-state index in [4.69, 9.17) is 27.9 Å². The highest BCUT2D eigenvalue weighted by atomic mass is 35.5. The average molecular weight is 518 g/mol. The van der Waals surface area contributed by atoms with Gasteiger partial charge in [0.1, 0.15) is 5.75 Å². The fourth-order valence-electron chi connectivity index (χ4n) is 4.09. The Morgan fingerprint density at radius 2 is 1.44 bits per heavy atom. The SMILES string of the molecule is COc1ccc([C@@H]2CC=C(C(=O)O)[C@H](c3ccc(Cl)cc3)N2S(=O)(=O)c2ccc(Cl)cc2)cc1. The first-order valence-corrected chi connectivity index (χ1v) is 12.5. The highest BCUT2D eigenvalue weighted by molar-refractivity contribution is 7.89. The van der Waals surface area contributed by atoms with Gasteiger partial charge in [0.2, 0.25) is 10.0 Å². The molecule has 0 bridgehead atoms. The smallest absolute Gasteiger partial charge is 0.333 e. The van der Waals surface area contributed by atoms with Gasteiger partial charge in [0, 0.05) is 10.0 Å². The van der Waals surface area contributed by atoms with Gasteiger partial charge in [-0.15, -0.1) is 0 Å². The largest absolute Gasteiger partial charge is 0.497 e. The molecule has 0 aromatic heterocycles. The zero-order valence-electron chi connectivity index (χ0n) is 18.1. The van der Waals surface area contributed by atoms with Crippen LogP contribution in [0, 0.1) is 0 Å². The maximum atomic E-state index is 14.0. The van der Waals surface area contributed by atoms with Crippen LogP contribution in [-0.4, -0.2) is 30.9 Å². The summed E-state index contributed by atoms with van der Waals surface area (Å²) in [5.41, 5.74) is 1.18. The number of hydrogen-bond acceptors (Lipinski definition) is 4. The van der Waals surface area contributed by atoms with Gasteiger partial charge < -0.3 is 9.84 Å². The van der Waals surface area contributed by atoms with Crippen molar-refractivity contribution in [2.75, 3.05) is 7.11 Å². The van der Waals surface area contributed by atoms with Crippen molar-refractivity contribution in [2.24, 2.45) is 0 Å². The Morgan fingerprint density at radius 1 is 0.912 bits per heavy atom. The minimum atomic E-state index is -4.16. The summed E-state index contributed by atoms with van der Waals surface area (Å²) in [7, 11) is -2.61. The van der Waals surface area contributed by atoms with Crippen LogP contribution >= 0.6 is 23.2 Å². The highest BCUT2D eigenvalue weighted by Gasteiger charge is 2.44. The summed E-state index contributed by atoms with van der Waals surface area (Å²) in [4.78, 5) is 12.3. The Morgan fingerprint density at radius 3 is 1.97 bits per heavy atom. The second-order valence-electron chi connectivity index (χ2n) is 7.73. The van der Waals surface area contributed by atoms with E-state index in [2.05, 4.69) is 0 Å². The van der Waals surface area contributed by atoms with Crippen LogP contribution in [0.5, 0.6) is 5.75 Å². The van der Waals surface area contributed by atoms with E-state index in [1.54, 1.807) is 61.7 Å². The zero-order chi connectivity index (χ0) is 24.5. The summed E-state index contributed by atoms with van der Waals surface area (Å²) in [6.45, 7) is 0. The Kier molecular flexibility index (Phi) is 7.00. The van der Waals surface area contributed by atoms with Crippen LogP contribution in [0.2, 0.25) is 10.0 Å². The van der Waals surface area contributed by atoms with Crippen molar-refractivity contribution in [3.8, 4) is 5.75 Å². The second kappa shape index (κ2) is 9.80. The predicted molar refractivity (Wildman–Crippen MR) is 131 cm³/mol. The van der Waals surface area contributed by atoms with Crippen LogP contribution in [-0.2, 0) is 14.8 Å². The van der Waals surface area contributed by atoms with Gasteiger partial charge in [-0.25, -0.2) is 13.2 Å². The first kappa shape index (κ1) is 24.3. The molecule has 2 atom stereocenters. The van der Waals surface area contributed by atoms with E-state index in [0.717, 1.165) is 0 Å². The van der Waals surface area contributed by atoms with Crippen LogP contribution in [0.4, 0.5) is 0 Å². The summed E-state index contributed by atoms with van der Waals surface area (Å²) in [6, 6.07) is 17.7. The van der Waals surface area contributed by atoms with Crippen molar-refractivity contribution in [3.63, 3.8) is 0 Å². The van der Waals surface area contributed by atoms with E-state index in [1.165, 1.54) is 28.6 Å². The second-order valence-corrected chi connectivity index (χ2v) is 10.4. The molecule has 1 heterocycles. The zero-order valence-corrected chi connectivity index (χ0v) is 20.4. The monoisotopic (exact) mass is 517 g/mol. The van der Waals surface area contributed by atoms with Crippen LogP contribution < -0.4 is 4.74 Å². The molecule has 0 aliphatic carbocycles. The molecule has 0 unspecified atom stereocenters. The summed E-state index contributed by atoms with van der Waals surface area (Å²) < 4.78 is 34.6. The van der Waals surface area contributed by atoms with Crippen LogP contribution in [0.3, 0.4) is 0 Å². The van der Waals surface area contributed by atoms with E-state index < -0.39 is 28.1 Å². The predicted octanol–water partition coefficient (Wildman–Crippen LogP) is 5.89. The number of hydrogen-bond donors (Lipinski definition) is 1. The Labute approximate surface area is 208 Å². The lowest BCUT2D eigenvalue weighted by Crippen LogP contribution is -2.42. The lowest BCUT2D eigenvalue weighted by molar-refractivity contribution is -0.133. The number of aliphatic carboxylic acids is 1. The molecule has 4 rings (SSSR count). The number of sulfonamides is 1. The van der Waals surface area contributed by atoms with Gasteiger partial charge in [-0.2, -0.15) is 4.31 Å². The fraction of sp³-hybridized carbons (Fsp3) is 0.160. The Balaban J connectivity index is 1.94. The molecule has 0 radical (unpaired) electrons. The number of nitrogens with zero attached hydrogens (tertiary/aromatic N) is 1. The van der Waals surface area contributed by atoms with Crippen LogP contribution in [0.1, 0.15) is 29.6 Å². The summed E-state index contributed by atoms with van der Waals surface area (Å²) >= 11 is 12.0. The van der Waals surface area contributed by atoms with Gasteiger partial charge in [-0.05, 0) is 66.1 Å². The van der Waals surface area contributed by atoms with Crippen molar-refractivity contribution in [1.29, 1.82) is 0 Å². The van der Waals surface area contributed by atoms with Gasteiger partial charge in [-0.3, -0.25) is 0 Å². The van der Waals surface area contributed by atoms with Crippen LogP contribution in [0.15, 0.2) is 89.3 Å². The molecule has 176 valence electrons. The topological polar surface area (TPSA) is 83.9 Å². The van der Waals surface area contributed by atoms with Crippen LogP contribution in [0.25, 0.3) is 0 Å². The van der Waals surface area contributed by atoms with Gasteiger partial charge >= 0.3 is 5.97 Å². The van der Waals surface area contributed by atoms with E-state index >= 15 is 0 Å². The van der Waals surface area contributed by atoms with Crippen molar-refractivity contribution < 1.29 is 23.1 Å². The molecule has 34 heavy (non-hydrogen) atoms. The van der Waals surface area contributed by atoms with E-state index in [9.17, 15) is 18.3 Å². The van der Waals surface area contributed by atoms with Gasteiger partial charge in [0.15, 0.2) is 0 Å². The molecule has 0 fully saturated rings. The molecule has 0 spiro atoms. The number of ether oxygens (including phenoxy) is 1. The third kappa shape index (κ3) is 4.70. The van der Waals surface area contributed by atoms with Crippen molar-refractivity contribution in [1.82, 2.24) is 4.31 Å². The summed E-state index contributed by atoms with van der Waals surface area (Å²) in [5.74, 6) is -0.563.